The van der Waals surface area contributed by atoms with Crippen molar-refractivity contribution in [2.75, 3.05) is 0 Å². The number of rotatable bonds is 3. The SMILES string of the molecule is CC(C)c1c(CCl)nnn1C1CC1C. The van der Waals surface area contributed by atoms with Crippen LogP contribution in [0, 0.1) is 5.92 Å². The van der Waals surface area contributed by atoms with E-state index >= 15 is 0 Å². The van der Waals surface area contributed by atoms with Crippen LogP contribution in [0.25, 0.3) is 0 Å². The van der Waals surface area contributed by atoms with Crippen LogP contribution in [0.4, 0.5) is 0 Å². The van der Waals surface area contributed by atoms with Crippen molar-refractivity contribution in [3.8, 4) is 0 Å². The zero-order valence-electron chi connectivity index (χ0n) is 8.87. The molecule has 0 spiro atoms. The molecule has 2 atom stereocenters. The van der Waals surface area contributed by atoms with Crippen LogP contribution in [0.3, 0.4) is 0 Å². The molecule has 78 valence electrons. The molecule has 0 saturated heterocycles. The van der Waals surface area contributed by atoms with Crippen molar-refractivity contribution in [1.29, 1.82) is 0 Å². The van der Waals surface area contributed by atoms with Gasteiger partial charge in [-0.05, 0) is 18.3 Å². The molecule has 1 saturated carbocycles. The summed E-state index contributed by atoms with van der Waals surface area (Å²) in [6.07, 6.45) is 1.23. The smallest absolute Gasteiger partial charge is 0.101 e. The molecule has 1 fully saturated rings. The number of hydrogen-bond donors (Lipinski definition) is 0. The molecule has 0 aliphatic heterocycles. The molecule has 1 aromatic heterocycles. The van der Waals surface area contributed by atoms with E-state index in [2.05, 4.69) is 35.8 Å². The average molecular weight is 214 g/mol. The second-order valence-electron chi connectivity index (χ2n) is 4.43. The van der Waals surface area contributed by atoms with E-state index in [0.29, 0.717) is 17.8 Å². The summed E-state index contributed by atoms with van der Waals surface area (Å²) in [7, 11) is 0. The van der Waals surface area contributed by atoms with Gasteiger partial charge in [0.15, 0.2) is 0 Å². The molecule has 0 aromatic carbocycles. The summed E-state index contributed by atoms with van der Waals surface area (Å²) >= 11 is 5.84. The van der Waals surface area contributed by atoms with Gasteiger partial charge in [0.05, 0.1) is 17.6 Å². The summed E-state index contributed by atoms with van der Waals surface area (Å²) in [6, 6.07) is 0.567. The molecule has 1 aromatic rings. The minimum absolute atomic E-state index is 0.451. The summed E-state index contributed by atoms with van der Waals surface area (Å²) in [5.41, 5.74) is 2.16. The van der Waals surface area contributed by atoms with Gasteiger partial charge in [-0.1, -0.05) is 26.0 Å². The van der Waals surface area contributed by atoms with Crippen LogP contribution >= 0.6 is 11.6 Å². The van der Waals surface area contributed by atoms with E-state index in [-0.39, 0.29) is 0 Å². The first-order chi connectivity index (χ1) is 6.65. The number of nitrogens with zero attached hydrogens (tertiary/aromatic N) is 3. The zero-order valence-corrected chi connectivity index (χ0v) is 9.62. The van der Waals surface area contributed by atoms with Gasteiger partial charge in [-0.15, -0.1) is 16.7 Å². The van der Waals surface area contributed by atoms with Crippen LogP contribution in [-0.2, 0) is 5.88 Å². The predicted octanol–water partition coefficient (Wildman–Crippen LogP) is 2.72. The number of hydrogen-bond acceptors (Lipinski definition) is 2. The normalized spacial score (nSPS) is 25.8. The average Bonchev–Trinajstić information content (AvgIpc) is 2.72. The summed E-state index contributed by atoms with van der Waals surface area (Å²) in [6.45, 7) is 6.58. The van der Waals surface area contributed by atoms with Crippen molar-refractivity contribution in [3.05, 3.63) is 11.4 Å². The molecule has 0 N–H and O–H groups in total. The summed E-state index contributed by atoms with van der Waals surface area (Å²) in [5.74, 6) is 1.66. The highest BCUT2D eigenvalue weighted by Gasteiger charge is 2.37. The lowest BCUT2D eigenvalue weighted by molar-refractivity contribution is 0.541. The molecule has 14 heavy (non-hydrogen) atoms. The van der Waals surface area contributed by atoms with Crippen LogP contribution in [-0.4, -0.2) is 15.0 Å². The van der Waals surface area contributed by atoms with E-state index in [4.69, 9.17) is 11.6 Å². The van der Waals surface area contributed by atoms with E-state index in [1.54, 1.807) is 0 Å². The fourth-order valence-corrected chi connectivity index (χ4v) is 2.11. The largest absolute Gasteiger partial charge is 0.245 e. The maximum Gasteiger partial charge on any atom is 0.101 e. The van der Waals surface area contributed by atoms with Crippen molar-refractivity contribution in [2.24, 2.45) is 5.92 Å². The van der Waals surface area contributed by atoms with E-state index in [9.17, 15) is 0 Å². The number of alkyl halides is 1. The predicted molar refractivity (Wildman–Crippen MR) is 56.5 cm³/mol. The van der Waals surface area contributed by atoms with E-state index in [1.165, 1.54) is 12.1 Å². The Morgan fingerprint density at radius 3 is 2.64 bits per heavy atom. The fourth-order valence-electron chi connectivity index (χ4n) is 1.91. The van der Waals surface area contributed by atoms with Gasteiger partial charge < -0.3 is 0 Å². The second-order valence-corrected chi connectivity index (χ2v) is 4.70. The maximum absolute atomic E-state index is 5.84. The summed E-state index contributed by atoms with van der Waals surface area (Å²) < 4.78 is 2.08. The van der Waals surface area contributed by atoms with Crippen LogP contribution in [0.15, 0.2) is 0 Å². The molecule has 1 aliphatic carbocycles. The lowest BCUT2D eigenvalue weighted by Crippen LogP contribution is -2.06. The molecule has 1 aliphatic rings. The first-order valence-corrected chi connectivity index (χ1v) is 5.68. The number of aromatic nitrogens is 3. The van der Waals surface area contributed by atoms with Crippen LogP contribution in [0.5, 0.6) is 0 Å². The van der Waals surface area contributed by atoms with Gasteiger partial charge in [-0.2, -0.15) is 0 Å². The van der Waals surface area contributed by atoms with Crippen molar-refractivity contribution in [2.45, 2.75) is 45.0 Å². The van der Waals surface area contributed by atoms with Crippen molar-refractivity contribution >= 4 is 11.6 Å². The minimum Gasteiger partial charge on any atom is -0.245 e. The van der Waals surface area contributed by atoms with E-state index in [1.807, 2.05) is 0 Å². The van der Waals surface area contributed by atoms with Crippen molar-refractivity contribution in [1.82, 2.24) is 15.0 Å². The standard InChI is InChI=1S/C10H16ClN3/c1-6(2)10-8(5-11)12-13-14(10)9-4-7(9)3/h6-7,9H,4-5H2,1-3H3. The maximum atomic E-state index is 5.84. The lowest BCUT2D eigenvalue weighted by atomic mass is 10.1. The molecule has 4 heteroatoms. The number of halogens is 1. The second kappa shape index (κ2) is 3.54. The quantitative estimate of drug-likeness (QED) is 0.723. The van der Waals surface area contributed by atoms with Gasteiger partial charge in [0.25, 0.3) is 0 Å². The van der Waals surface area contributed by atoms with Crippen molar-refractivity contribution < 1.29 is 0 Å². The van der Waals surface area contributed by atoms with Crippen LogP contribution < -0.4 is 0 Å². The van der Waals surface area contributed by atoms with Gasteiger partial charge >= 0.3 is 0 Å². The molecule has 0 bridgehead atoms. The Morgan fingerprint density at radius 2 is 2.21 bits per heavy atom. The van der Waals surface area contributed by atoms with Gasteiger partial charge in [0.2, 0.25) is 0 Å². The van der Waals surface area contributed by atoms with Gasteiger partial charge in [0.1, 0.15) is 5.69 Å². The van der Waals surface area contributed by atoms with Gasteiger partial charge in [-0.25, -0.2) is 4.68 Å². The Labute approximate surface area is 89.4 Å². The van der Waals surface area contributed by atoms with Gasteiger partial charge in [-0.3, -0.25) is 0 Å². The minimum atomic E-state index is 0.451. The third-order valence-corrected chi connectivity index (χ3v) is 3.11. The molecule has 1 heterocycles. The van der Waals surface area contributed by atoms with Crippen molar-refractivity contribution in [3.63, 3.8) is 0 Å². The highest BCUT2D eigenvalue weighted by molar-refractivity contribution is 6.16. The topological polar surface area (TPSA) is 30.7 Å². The first-order valence-electron chi connectivity index (χ1n) is 5.15. The third kappa shape index (κ3) is 1.54. The fraction of sp³-hybridized carbons (Fsp3) is 0.800. The van der Waals surface area contributed by atoms with Crippen LogP contribution in [0.2, 0.25) is 0 Å². The lowest BCUT2D eigenvalue weighted by Gasteiger charge is -2.09. The zero-order chi connectivity index (χ0) is 10.3. The van der Waals surface area contributed by atoms with E-state index in [0.717, 1.165) is 11.6 Å². The Bertz CT molecular complexity index is 332. The van der Waals surface area contributed by atoms with Gasteiger partial charge in [0, 0.05) is 0 Å². The first kappa shape index (κ1) is 9.97. The molecule has 0 radical (unpaired) electrons. The van der Waals surface area contributed by atoms with E-state index < -0.39 is 0 Å². The highest BCUT2D eigenvalue weighted by Crippen LogP contribution is 2.43. The Morgan fingerprint density at radius 1 is 1.57 bits per heavy atom. The molecule has 0 amide bonds. The molecular formula is C10H16ClN3. The third-order valence-electron chi connectivity index (χ3n) is 2.86. The highest BCUT2D eigenvalue weighted by atomic mass is 35.5. The Hall–Kier alpha value is -0.570. The molecule has 3 nitrogen and oxygen atoms in total. The molecular weight excluding hydrogens is 198 g/mol. The Kier molecular flexibility index (Phi) is 2.52. The monoisotopic (exact) mass is 213 g/mol. The summed E-state index contributed by atoms with van der Waals surface area (Å²) in [4.78, 5) is 0. The van der Waals surface area contributed by atoms with Crippen LogP contribution in [0.1, 0.15) is 50.5 Å². The summed E-state index contributed by atoms with van der Waals surface area (Å²) in [5, 5.41) is 8.34. The molecule has 2 unspecified atom stereocenters. The Balaban J connectivity index is 2.35. The molecule has 2 rings (SSSR count).